The van der Waals surface area contributed by atoms with Crippen LogP contribution in [-0.2, 0) is 0 Å². The van der Waals surface area contributed by atoms with Gasteiger partial charge < -0.3 is 15.4 Å². The molecule has 0 saturated carbocycles. The number of nitrogens with one attached hydrogen (secondary N) is 2. The fraction of sp³-hybridized carbons (Fsp3) is 0.500. The molecule has 0 radical (unpaired) electrons. The molecule has 116 valence electrons. The average molecular weight is 302 g/mol. The maximum Gasteiger partial charge on any atom is 0.573 e. The standard InChI is InChI=1S/C14H17F3N2O2/c1-9-6-11(8-18-7-9)19-13(20)10-2-4-12(5-3-10)21-14(15,16)17/h2-5,9,11,18H,6-8H2,1H3,(H,19,20). The van der Waals surface area contributed by atoms with Crippen LogP contribution in [0.3, 0.4) is 0 Å². The van der Waals surface area contributed by atoms with E-state index in [4.69, 9.17) is 0 Å². The molecule has 2 unspecified atom stereocenters. The van der Waals surface area contributed by atoms with Gasteiger partial charge in [0.25, 0.3) is 5.91 Å². The van der Waals surface area contributed by atoms with Gasteiger partial charge in [0.1, 0.15) is 5.75 Å². The van der Waals surface area contributed by atoms with Crippen LogP contribution < -0.4 is 15.4 Å². The highest BCUT2D eigenvalue weighted by molar-refractivity contribution is 5.94. The van der Waals surface area contributed by atoms with E-state index in [1.165, 1.54) is 12.1 Å². The molecule has 2 N–H and O–H groups in total. The molecule has 0 spiro atoms. The molecule has 1 aliphatic rings. The van der Waals surface area contributed by atoms with Crippen LogP contribution in [-0.4, -0.2) is 31.4 Å². The van der Waals surface area contributed by atoms with Crippen LogP contribution in [0.15, 0.2) is 24.3 Å². The summed E-state index contributed by atoms with van der Waals surface area (Å²) in [6.07, 6.45) is -3.85. The van der Waals surface area contributed by atoms with E-state index in [1.807, 2.05) is 0 Å². The molecule has 1 aromatic rings. The van der Waals surface area contributed by atoms with E-state index in [-0.39, 0.29) is 17.7 Å². The first-order chi connectivity index (χ1) is 9.83. The third-order valence-electron chi connectivity index (χ3n) is 3.26. The van der Waals surface area contributed by atoms with Gasteiger partial charge >= 0.3 is 6.36 Å². The molecule has 21 heavy (non-hydrogen) atoms. The Labute approximate surface area is 120 Å². The van der Waals surface area contributed by atoms with Crippen molar-refractivity contribution in [3.05, 3.63) is 29.8 Å². The zero-order chi connectivity index (χ0) is 15.5. The molecule has 1 amide bonds. The van der Waals surface area contributed by atoms with E-state index < -0.39 is 6.36 Å². The Balaban J connectivity index is 1.93. The third-order valence-corrected chi connectivity index (χ3v) is 3.26. The zero-order valence-electron chi connectivity index (χ0n) is 11.5. The first-order valence-electron chi connectivity index (χ1n) is 6.71. The molecule has 1 heterocycles. The maximum atomic E-state index is 12.0. The molecule has 2 atom stereocenters. The van der Waals surface area contributed by atoms with Crippen molar-refractivity contribution in [2.75, 3.05) is 13.1 Å². The smallest absolute Gasteiger partial charge is 0.406 e. The highest BCUT2D eigenvalue weighted by Gasteiger charge is 2.31. The minimum Gasteiger partial charge on any atom is -0.406 e. The van der Waals surface area contributed by atoms with Gasteiger partial charge in [0, 0.05) is 18.2 Å². The summed E-state index contributed by atoms with van der Waals surface area (Å²) in [6, 6.07) is 4.92. The van der Waals surface area contributed by atoms with Crippen molar-refractivity contribution >= 4 is 5.91 Å². The molecule has 2 rings (SSSR count). The van der Waals surface area contributed by atoms with Gasteiger partial charge in [-0.05, 0) is 43.1 Å². The summed E-state index contributed by atoms with van der Waals surface area (Å²) in [7, 11) is 0. The van der Waals surface area contributed by atoms with Crippen molar-refractivity contribution in [3.8, 4) is 5.75 Å². The molecule has 7 heteroatoms. The second-order valence-corrected chi connectivity index (χ2v) is 5.24. The van der Waals surface area contributed by atoms with Gasteiger partial charge in [-0.15, -0.1) is 13.2 Å². The Morgan fingerprint density at radius 1 is 1.29 bits per heavy atom. The number of alkyl halides is 3. The predicted molar refractivity (Wildman–Crippen MR) is 71.0 cm³/mol. The van der Waals surface area contributed by atoms with Crippen molar-refractivity contribution in [2.24, 2.45) is 5.92 Å². The van der Waals surface area contributed by atoms with E-state index in [1.54, 1.807) is 0 Å². The quantitative estimate of drug-likeness (QED) is 0.901. The van der Waals surface area contributed by atoms with Crippen molar-refractivity contribution in [1.29, 1.82) is 0 Å². The van der Waals surface area contributed by atoms with Gasteiger partial charge in [-0.1, -0.05) is 6.92 Å². The van der Waals surface area contributed by atoms with Gasteiger partial charge in [-0.25, -0.2) is 0 Å². The Hall–Kier alpha value is -1.76. The van der Waals surface area contributed by atoms with E-state index in [9.17, 15) is 18.0 Å². The lowest BCUT2D eigenvalue weighted by Crippen LogP contribution is -2.48. The number of benzene rings is 1. The zero-order valence-corrected chi connectivity index (χ0v) is 11.5. The molecule has 1 aliphatic heterocycles. The van der Waals surface area contributed by atoms with Crippen molar-refractivity contribution in [3.63, 3.8) is 0 Å². The normalized spacial score (nSPS) is 22.7. The van der Waals surface area contributed by atoms with Crippen LogP contribution in [0.1, 0.15) is 23.7 Å². The number of hydrogen-bond acceptors (Lipinski definition) is 3. The number of amides is 1. The SMILES string of the molecule is CC1CNCC(NC(=O)c2ccc(OC(F)(F)F)cc2)C1. The fourth-order valence-corrected chi connectivity index (χ4v) is 2.34. The van der Waals surface area contributed by atoms with Gasteiger partial charge in [0.15, 0.2) is 0 Å². The topological polar surface area (TPSA) is 50.4 Å². The van der Waals surface area contributed by atoms with Gasteiger partial charge in [-0.3, -0.25) is 4.79 Å². The number of carbonyl (C=O) groups is 1. The number of carbonyl (C=O) groups excluding carboxylic acids is 1. The highest BCUT2D eigenvalue weighted by atomic mass is 19.4. The summed E-state index contributed by atoms with van der Waals surface area (Å²) in [5, 5.41) is 6.09. The Bertz CT molecular complexity index is 488. The Morgan fingerprint density at radius 2 is 1.95 bits per heavy atom. The van der Waals surface area contributed by atoms with E-state index in [0.29, 0.717) is 18.0 Å². The van der Waals surface area contributed by atoms with E-state index in [0.717, 1.165) is 25.1 Å². The monoisotopic (exact) mass is 302 g/mol. The molecule has 1 saturated heterocycles. The Kier molecular flexibility index (Phi) is 4.72. The maximum absolute atomic E-state index is 12.0. The van der Waals surface area contributed by atoms with Crippen molar-refractivity contribution < 1.29 is 22.7 Å². The summed E-state index contributed by atoms with van der Waals surface area (Å²) in [5.74, 6) is -0.159. The largest absolute Gasteiger partial charge is 0.573 e. The summed E-state index contributed by atoms with van der Waals surface area (Å²) in [4.78, 5) is 12.0. The second-order valence-electron chi connectivity index (χ2n) is 5.24. The molecule has 0 bridgehead atoms. The van der Waals surface area contributed by atoms with Crippen LogP contribution in [0.4, 0.5) is 13.2 Å². The van der Waals surface area contributed by atoms with Gasteiger partial charge in [0.2, 0.25) is 0 Å². The van der Waals surface area contributed by atoms with Crippen molar-refractivity contribution in [1.82, 2.24) is 10.6 Å². The lowest BCUT2D eigenvalue weighted by Gasteiger charge is -2.28. The van der Waals surface area contributed by atoms with Crippen LogP contribution >= 0.6 is 0 Å². The lowest BCUT2D eigenvalue weighted by atomic mass is 9.97. The average Bonchev–Trinajstić information content (AvgIpc) is 2.37. The first kappa shape index (κ1) is 15.6. The van der Waals surface area contributed by atoms with Gasteiger partial charge in [0.05, 0.1) is 0 Å². The van der Waals surface area contributed by atoms with Crippen LogP contribution in [0.25, 0.3) is 0 Å². The number of rotatable bonds is 3. The number of hydrogen-bond donors (Lipinski definition) is 2. The molecular weight excluding hydrogens is 285 g/mol. The van der Waals surface area contributed by atoms with Crippen molar-refractivity contribution in [2.45, 2.75) is 25.7 Å². The molecular formula is C14H17F3N2O2. The molecule has 0 aromatic heterocycles. The number of halogens is 3. The molecule has 1 fully saturated rings. The molecule has 0 aliphatic carbocycles. The fourth-order valence-electron chi connectivity index (χ4n) is 2.34. The Morgan fingerprint density at radius 3 is 2.52 bits per heavy atom. The third kappa shape index (κ3) is 4.93. The van der Waals surface area contributed by atoms with E-state index >= 15 is 0 Å². The minimum atomic E-state index is -4.73. The number of piperidine rings is 1. The highest BCUT2D eigenvalue weighted by Crippen LogP contribution is 2.22. The van der Waals surface area contributed by atoms with Crippen LogP contribution in [0.5, 0.6) is 5.75 Å². The van der Waals surface area contributed by atoms with E-state index in [2.05, 4.69) is 22.3 Å². The second kappa shape index (κ2) is 6.34. The summed E-state index contributed by atoms with van der Waals surface area (Å²) < 4.78 is 39.9. The molecule has 1 aromatic carbocycles. The first-order valence-corrected chi connectivity index (χ1v) is 6.71. The molecule has 4 nitrogen and oxygen atoms in total. The van der Waals surface area contributed by atoms with Crippen LogP contribution in [0, 0.1) is 5.92 Å². The summed E-state index contributed by atoms with van der Waals surface area (Å²) in [6.45, 7) is 3.72. The summed E-state index contributed by atoms with van der Waals surface area (Å²) in [5.41, 5.74) is 0.308. The minimum absolute atomic E-state index is 0.0346. The summed E-state index contributed by atoms with van der Waals surface area (Å²) >= 11 is 0. The van der Waals surface area contributed by atoms with Crippen LogP contribution in [0.2, 0.25) is 0 Å². The number of ether oxygens (including phenoxy) is 1. The predicted octanol–water partition coefficient (Wildman–Crippen LogP) is 2.31. The van der Waals surface area contributed by atoms with Gasteiger partial charge in [-0.2, -0.15) is 0 Å². The lowest BCUT2D eigenvalue weighted by molar-refractivity contribution is -0.274.